The Bertz CT molecular complexity index is 1590. The molecule has 0 unspecified atom stereocenters. The first-order valence-corrected chi connectivity index (χ1v) is 10.6. The quantitative estimate of drug-likeness (QED) is 0.388. The number of fused-ring (bicyclic) bond motifs is 1. The minimum Gasteiger partial charge on any atom is -0.497 e. The normalized spacial score (nSPS) is 11.0. The van der Waals surface area contributed by atoms with E-state index in [-0.39, 0.29) is 11.1 Å². The Kier molecular flexibility index (Phi) is 5.28. The zero-order chi connectivity index (χ0) is 22.9. The third-order valence-corrected chi connectivity index (χ3v) is 5.66. The number of methoxy groups -OCH3 is 1. The number of ether oxygens (including phenoxy) is 1. The molecule has 0 saturated heterocycles. The van der Waals surface area contributed by atoms with Crippen molar-refractivity contribution < 1.29 is 4.74 Å². The Morgan fingerprint density at radius 1 is 0.909 bits per heavy atom. The van der Waals surface area contributed by atoms with Crippen LogP contribution in [0.3, 0.4) is 0 Å². The van der Waals surface area contributed by atoms with Gasteiger partial charge in [0.05, 0.1) is 23.2 Å². The highest BCUT2D eigenvalue weighted by Gasteiger charge is 2.15. The minimum atomic E-state index is -0.223. The molecule has 0 amide bonds. The second-order valence-corrected chi connectivity index (χ2v) is 7.85. The van der Waals surface area contributed by atoms with E-state index in [1.165, 1.54) is 12.3 Å². The van der Waals surface area contributed by atoms with Gasteiger partial charge in [-0.1, -0.05) is 35.9 Å². The van der Waals surface area contributed by atoms with Crippen LogP contribution in [-0.4, -0.2) is 21.2 Å². The number of rotatable bonds is 4. The average molecular weight is 456 g/mol. The summed E-state index contributed by atoms with van der Waals surface area (Å²) in [5.41, 5.74) is 1.86. The number of hydrogen-bond donors (Lipinski definition) is 0. The molecule has 2 aromatic carbocycles. The number of nitrogens with zero attached hydrogens (tertiary/aromatic N) is 3. The highest BCUT2D eigenvalue weighted by Crippen LogP contribution is 2.27. The average Bonchev–Trinajstić information content (AvgIpc) is 2.85. The van der Waals surface area contributed by atoms with Crippen molar-refractivity contribution in [3.63, 3.8) is 0 Å². The van der Waals surface area contributed by atoms with Crippen molar-refractivity contribution >= 4 is 22.4 Å². The Morgan fingerprint density at radius 2 is 1.73 bits per heavy atom. The van der Waals surface area contributed by atoms with Crippen molar-refractivity contribution in [3.8, 4) is 28.5 Å². The van der Waals surface area contributed by atoms with Crippen LogP contribution in [0.25, 0.3) is 33.5 Å². The molecule has 0 radical (unpaired) electrons. The highest BCUT2D eigenvalue weighted by molar-refractivity contribution is 6.30. The van der Waals surface area contributed by atoms with Gasteiger partial charge in [0.1, 0.15) is 11.6 Å². The molecule has 7 heteroatoms. The SMILES string of the molecule is COc1ccc2cc(-c3ccc(-n4ccccc4=O)cc3)n(-c3ccc(Cl)cn3)c(=O)c2c1. The maximum atomic E-state index is 13.6. The standard InChI is InChI=1S/C26H18ClN3O3/c1-33-21-11-7-18-14-23(17-5-9-20(10-6-17)29-13-3-2-4-25(29)31)30(26(32)22(18)15-21)24-12-8-19(27)16-28-24/h2-16H,1H3. The minimum absolute atomic E-state index is 0.118. The number of halogens is 1. The molecule has 0 spiro atoms. The lowest BCUT2D eigenvalue weighted by Crippen LogP contribution is -2.21. The fourth-order valence-corrected chi connectivity index (χ4v) is 3.90. The van der Waals surface area contributed by atoms with Gasteiger partial charge in [-0.05, 0) is 59.5 Å². The van der Waals surface area contributed by atoms with Crippen LogP contribution in [0.15, 0.2) is 101 Å². The highest BCUT2D eigenvalue weighted by atomic mass is 35.5. The second-order valence-electron chi connectivity index (χ2n) is 7.41. The molecule has 0 aliphatic carbocycles. The summed E-state index contributed by atoms with van der Waals surface area (Å²) in [6, 6.07) is 23.2. The Morgan fingerprint density at radius 3 is 2.42 bits per heavy atom. The molecule has 5 rings (SSSR count). The van der Waals surface area contributed by atoms with E-state index in [2.05, 4.69) is 4.98 Å². The predicted octanol–water partition coefficient (Wildman–Crippen LogP) is 4.87. The van der Waals surface area contributed by atoms with E-state index >= 15 is 0 Å². The summed E-state index contributed by atoms with van der Waals surface area (Å²) in [5.74, 6) is 1.05. The number of pyridine rings is 3. The van der Waals surface area contributed by atoms with Crippen molar-refractivity contribution in [3.05, 3.63) is 117 Å². The molecule has 0 N–H and O–H groups in total. The van der Waals surface area contributed by atoms with Gasteiger partial charge in [0.15, 0.2) is 0 Å². The lowest BCUT2D eigenvalue weighted by atomic mass is 10.1. The molecule has 3 heterocycles. The third-order valence-electron chi connectivity index (χ3n) is 5.43. The van der Waals surface area contributed by atoms with Crippen LogP contribution >= 0.6 is 11.6 Å². The van der Waals surface area contributed by atoms with Gasteiger partial charge in [-0.2, -0.15) is 0 Å². The molecule has 0 atom stereocenters. The summed E-state index contributed by atoms with van der Waals surface area (Å²) < 4.78 is 8.43. The molecule has 162 valence electrons. The number of hydrogen-bond acceptors (Lipinski definition) is 4. The fourth-order valence-electron chi connectivity index (χ4n) is 3.79. The Labute approximate surface area is 193 Å². The first-order valence-electron chi connectivity index (χ1n) is 10.2. The van der Waals surface area contributed by atoms with Crippen molar-refractivity contribution in [2.75, 3.05) is 7.11 Å². The van der Waals surface area contributed by atoms with E-state index in [9.17, 15) is 9.59 Å². The van der Waals surface area contributed by atoms with Gasteiger partial charge in [0.25, 0.3) is 11.1 Å². The molecule has 0 saturated carbocycles. The van der Waals surface area contributed by atoms with Gasteiger partial charge in [-0.25, -0.2) is 4.98 Å². The van der Waals surface area contributed by atoms with Gasteiger partial charge >= 0.3 is 0 Å². The third kappa shape index (κ3) is 3.81. The fraction of sp³-hybridized carbons (Fsp3) is 0.0385. The molecule has 5 aromatic rings. The van der Waals surface area contributed by atoms with Crippen LogP contribution in [-0.2, 0) is 0 Å². The number of aromatic nitrogens is 3. The van der Waals surface area contributed by atoms with Crippen LogP contribution in [0.5, 0.6) is 5.75 Å². The molecule has 6 nitrogen and oxygen atoms in total. The van der Waals surface area contributed by atoms with E-state index in [1.54, 1.807) is 52.8 Å². The second kappa shape index (κ2) is 8.41. The van der Waals surface area contributed by atoms with Crippen molar-refractivity contribution in [1.82, 2.24) is 14.1 Å². The monoisotopic (exact) mass is 455 g/mol. The van der Waals surface area contributed by atoms with Gasteiger partial charge in [0, 0.05) is 24.1 Å². The summed E-state index contributed by atoms with van der Waals surface area (Å²) >= 11 is 6.02. The zero-order valence-corrected chi connectivity index (χ0v) is 18.4. The summed E-state index contributed by atoms with van der Waals surface area (Å²) in [6.07, 6.45) is 3.22. The van der Waals surface area contributed by atoms with Crippen LogP contribution < -0.4 is 15.9 Å². The molecular weight excluding hydrogens is 438 g/mol. The van der Waals surface area contributed by atoms with Crippen LogP contribution in [0.1, 0.15) is 0 Å². The Hall–Kier alpha value is -4.16. The molecule has 0 aliphatic heterocycles. The first kappa shape index (κ1) is 20.7. The first-order chi connectivity index (χ1) is 16.0. The number of benzene rings is 2. The molecule has 0 fully saturated rings. The Balaban J connectivity index is 1.74. The van der Waals surface area contributed by atoms with E-state index in [0.717, 1.165) is 16.6 Å². The van der Waals surface area contributed by atoms with Crippen LogP contribution in [0, 0.1) is 0 Å². The lowest BCUT2D eigenvalue weighted by Gasteiger charge is -2.15. The summed E-state index contributed by atoms with van der Waals surface area (Å²) in [7, 11) is 1.56. The maximum Gasteiger partial charge on any atom is 0.264 e. The van der Waals surface area contributed by atoms with Gasteiger partial charge in [-0.15, -0.1) is 0 Å². The molecule has 33 heavy (non-hydrogen) atoms. The van der Waals surface area contributed by atoms with Gasteiger partial charge < -0.3 is 4.74 Å². The van der Waals surface area contributed by atoms with Crippen molar-refractivity contribution in [2.24, 2.45) is 0 Å². The van der Waals surface area contributed by atoms with Crippen molar-refractivity contribution in [1.29, 1.82) is 0 Å². The van der Waals surface area contributed by atoms with Gasteiger partial charge in [-0.3, -0.25) is 18.7 Å². The summed E-state index contributed by atoms with van der Waals surface area (Å²) in [6.45, 7) is 0. The summed E-state index contributed by atoms with van der Waals surface area (Å²) in [4.78, 5) is 30.1. The molecule has 0 aliphatic rings. The topological polar surface area (TPSA) is 66.1 Å². The van der Waals surface area contributed by atoms with E-state index in [0.29, 0.717) is 27.7 Å². The molecule has 0 bridgehead atoms. The molecule has 3 aromatic heterocycles. The van der Waals surface area contributed by atoms with E-state index in [4.69, 9.17) is 16.3 Å². The van der Waals surface area contributed by atoms with Crippen LogP contribution in [0.2, 0.25) is 5.02 Å². The smallest absolute Gasteiger partial charge is 0.264 e. The predicted molar refractivity (Wildman–Crippen MR) is 130 cm³/mol. The summed E-state index contributed by atoms with van der Waals surface area (Å²) in [5, 5.41) is 1.78. The zero-order valence-electron chi connectivity index (χ0n) is 17.6. The van der Waals surface area contributed by atoms with E-state index in [1.807, 2.05) is 42.5 Å². The van der Waals surface area contributed by atoms with Gasteiger partial charge in [0.2, 0.25) is 0 Å². The van der Waals surface area contributed by atoms with Crippen molar-refractivity contribution in [2.45, 2.75) is 0 Å². The molecular formula is C26H18ClN3O3. The van der Waals surface area contributed by atoms with Crippen LogP contribution in [0.4, 0.5) is 0 Å². The maximum absolute atomic E-state index is 13.6. The van der Waals surface area contributed by atoms with E-state index < -0.39 is 0 Å². The lowest BCUT2D eigenvalue weighted by molar-refractivity contribution is 0.415. The largest absolute Gasteiger partial charge is 0.497 e.